The van der Waals surface area contributed by atoms with Gasteiger partial charge < -0.3 is 24.2 Å². The minimum atomic E-state index is -0.984. The van der Waals surface area contributed by atoms with Crippen LogP contribution in [0.15, 0.2) is 48.5 Å². The SMILES string of the molecule is CCOC(Cc1ccc(OCCN(C)c2nc(OC)nc(-c3ccc(F)cc3)n2)cc1)C(=O)O. The van der Waals surface area contributed by atoms with Crippen LogP contribution in [-0.4, -0.2) is 66.0 Å². The third-order valence-electron chi connectivity index (χ3n) is 4.91. The number of carboxylic acids is 1. The lowest BCUT2D eigenvalue weighted by Gasteiger charge is -2.18. The number of likely N-dealkylation sites (N-methyl/N-ethyl adjacent to an activating group) is 1. The van der Waals surface area contributed by atoms with Crippen molar-refractivity contribution in [1.29, 1.82) is 0 Å². The number of hydrogen-bond acceptors (Lipinski definition) is 8. The molecule has 2 aromatic carbocycles. The second-order valence-corrected chi connectivity index (χ2v) is 7.35. The fourth-order valence-corrected chi connectivity index (χ4v) is 3.09. The second kappa shape index (κ2) is 11.9. The van der Waals surface area contributed by atoms with E-state index in [-0.39, 0.29) is 18.2 Å². The molecule has 0 saturated carbocycles. The van der Waals surface area contributed by atoms with Gasteiger partial charge in [-0.25, -0.2) is 9.18 Å². The van der Waals surface area contributed by atoms with Crippen LogP contribution in [0.5, 0.6) is 11.8 Å². The van der Waals surface area contributed by atoms with Crippen LogP contribution in [0.4, 0.5) is 10.3 Å². The Morgan fingerprint density at radius 2 is 1.79 bits per heavy atom. The van der Waals surface area contributed by atoms with Crippen LogP contribution in [0.25, 0.3) is 11.4 Å². The fourth-order valence-electron chi connectivity index (χ4n) is 3.09. The van der Waals surface area contributed by atoms with Gasteiger partial charge in [-0.1, -0.05) is 12.1 Å². The van der Waals surface area contributed by atoms with Gasteiger partial charge >= 0.3 is 12.0 Å². The Bertz CT molecular complexity index is 1080. The molecule has 3 rings (SSSR count). The third-order valence-corrected chi connectivity index (χ3v) is 4.91. The van der Waals surface area contributed by atoms with Gasteiger partial charge in [0.05, 0.1) is 13.7 Å². The van der Waals surface area contributed by atoms with Crippen molar-refractivity contribution < 1.29 is 28.5 Å². The van der Waals surface area contributed by atoms with Gasteiger partial charge in [0.2, 0.25) is 5.95 Å². The van der Waals surface area contributed by atoms with Crippen molar-refractivity contribution >= 4 is 11.9 Å². The zero-order valence-electron chi connectivity index (χ0n) is 19.3. The summed E-state index contributed by atoms with van der Waals surface area (Å²) < 4.78 is 29.5. The Hall–Kier alpha value is -3.79. The number of hydrogen-bond donors (Lipinski definition) is 1. The Kier molecular flexibility index (Phi) is 8.69. The van der Waals surface area contributed by atoms with Crippen LogP contribution in [-0.2, 0) is 16.0 Å². The van der Waals surface area contributed by atoms with Crippen LogP contribution in [0, 0.1) is 5.82 Å². The number of anilines is 1. The smallest absolute Gasteiger partial charge is 0.333 e. The number of benzene rings is 2. The fraction of sp³-hybridized carbons (Fsp3) is 0.333. The molecule has 10 heteroatoms. The first-order valence-electron chi connectivity index (χ1n) is 10.7. The molecular formula is C24H27FN4O5. The van der Waals surface area contributed by atoms with Crippen LogP contribution < -0.4 is 14.4 Å². The first-order chi connectivity index (χ1) is 16.4. The van der Waals surface area contributed by atoms with E-state index in [4.69, 9.17) is 14.2 Å². The first kappa shape index (κ1) is 24.8. The molecule has 0 bridgehead atoms. The van der Waals surface area contributed by atoms with Crippen LogP contribution >= 0.6 is 0 Å². The minimum Gasteiger partial charge on any atom is -0.492 e. The Morgan fingerprint density at radius 1 is 1.09 bits per heavy atom. The van der Waals surface area contributed by atoms with E-state index in [1.54, 1.807) is 36.1 Å². The number of ether oxygens (including phenoxy) is 3. The van der Waals surface area contributed by atoms with Gasteiger partial charge in [0.25, 0.3) is 0 Å². The van der Waals surface area contributed by atoms with Crippen molar-refractivity contribution in [2.75, 3.05) is 38.8 Å². The van der Waals surface area contributed by atoms with Gasteiger partial charge in [-0.2, -0.15) is 15.0 Å². The van der Waals surface area contributed by atoms with Crippen LogP contribution in [0.2, 0.25) is 0 Å². The van der Waals surface area contributed by atoms with Crippen molar-refractivity contribution in [3.63, 3.8) is 0 Å². The molecule has 9 nitrogen and oxygen atoms in total. The Morgan fingerprint density at radius 3 is 2.41 bits per heavy atom. The summed E-state index contributed by atoms with van der Waals surface area (Å²) in [6.07, 6.45) is -0.591. The summed E-state index contributed by atoms with van der Waals surface area (Å²) in [5, 5.41) is 9.22. The van der Waals surface area contributed by atoms with Gasteiger partial charge in [0.15, 0.2) is 11.9 Å². The van der Waals surface area contributed by atoms with Crippen LogP contribution in [0.1, 0.15) is 12.5 Å². The van der Waals surface area contributed by atoms with Crippen molar-refractivity contribution in [3.05, 3.63) is 59.9 Å². The molecule has 34 heavy (non-hydrogen) atoms. The van der Waals surface area contributed by atoms with E-state index in [0.717, 1.165) is 5.56 Å². The summed E-state index contributed by atoms with van der Waals surface area (Å²) in [5.74, 6) is 0.0874. The number of nitrogens with zero attached hydrogens (tertiary/aromatic N) is 4. The maximum Gasteiger partial charge on any atom is 0.333 e. The lowest BCUT2D eigenvalue weighted by Crippen LogP contribution is -2.26. The molecule has 1 heterocycles. The Balaban J connectivity index is 1.59. The molecule has 0 aliphatic heterocycles. The van der Waals surface area contributed by atoms with Crippen molar-refractivity contribution in [2.45, 2.75) is 19.4 Å². The molecule has 0 fully saturated rings. The standard InChI is InChI=1S/C24H27FN4O5/c1-4-33-20(22(30)31)15-16-5-11-19(12-6-16)34-14-13-29(2)23-26-21(27-24(28-23)32-3)17-7-9-18(25)10-8-17/h5-12,20H,4,13-15H2,1-3H3,(H,30,31). The van der Waals surface area contributed by atoms with E-state index in [1.165, 1.54) is 19.2 Å². The first-order valence-corrected chi connectivity index (χ1v) is 10.7. The summed E-state index contributed by atoms with van der Waals surface area (Å²) in [4.78, 5) is 26.0. The maximum absolute atomic E-state index is 13.2. The molecule has 1 aromatic heterocycles. The predicted molar refractivity (Wildman–Crippen MR) is 124 cm³/mol. The summed E-state index contributed by atoms with van der Waals surface area (Å²) in [5.41, 5.74) is 1.48. The summed E-state index contributed by atoms with van der Waals surface area (Å²) >= 11 is 0. The number of methoxy groups -OCH3 is 1. The molecule has 0 saturated heterocycles. The average molecular weight is 471 g/mol. The van der Waals surface area contributed by atoms with Crippen molar-refractivity contribution in [1.82, 2.24) is 15.0 Å². The molecule has 1 N–H and O–H groups in total. The molecule has 0 radical (unpaired) electrons. The van der Waals surface area contributed by atoms with Gasteiger partial charge in [0, 0.05) is 25.6 Å². The van der Waals surface area contributed by atoms with Crippen LogP contribution in [0.3, 0.4) is 0 Å². The lowest BCUT2D eigenvalue weighted by atomic mass is 10.1. The van der Waals surface area contributed by atoms with E-state index in [9.17, 15) is 14.3 Å². The number of aliphatic carboxylic acids is 1. The summed E-state index contributed by atoms with van der Waals surface area (Å²) in [6, 6.07) is 13.2. The lowest BCUT2D eigenvalue weighted by molar-refractivity contribution is -0.149. The normalized spacial score (nSPS) is 11.6. The summed E-state index contributed by atoms with van der Waals surface area (Å²) in [7, 11) is 3.28. The van der Waals surface area contributed by atoms with E-state index < -0.39 is 12.1 Å². The quantitative estimate of drug-likeness (QED) is 0.427. The van der Waals surface area contributed by atoms with Crippen molar-refractivity contribution in [3.8, 4) is 23.1 Å². The highest BCUT2D eigenvalue weighted by atomic mass is 19.1. The number of halogens is 1. The number of rotatable bonds is 12. The van der Waals surface area contributed by atoms with Gasteiger partial charge in [-0.05, 0) is 48.9 Å². The van der Waals surface area contributed by atoms with Gasteiger partial charge in [-0.3, -0.25) is 0 Å². The zero-order valence-corrected chi connectivity index (χ0v) is 19.3. The highest BCUT2D eigenvalue weighted by Gasteiger charge is 2.18. The monoisotopic (exact) mass is 470 g/mol. The largest absolute Gasteiger partial charge is 0.492 e. The molecule has 0 aliphatic rings. The molecule has 1 unspecified atom stereocenters. The predicted octanol–water partition coefficient (Wildman–Crippen LogP) is 3.23. The second-order valence-electron chi connectivity index (χ2n) is 7.35. The molecule has 180 valence electrons. The summed E-state index contributed by atoms with van der Waals surface area (Å²) in [6.45, 7) is 2.93. The molecule has 0 aliphatic carbocycles. The minimum absolute atomic E-state index is 0.152. The molecule has 1 atom stereocenters. The Labute approximate surface area is 197 Å². The van der Waals surface area contributed by atoms with Gasteiger partial charge in [0.1, 0.15) is 18.2 Å². The number of carboxylic acid groups (broad SMARTS) is 1. The van der Waals surface area contributed by atoms with Crippen molar-refractivity contribution in [2.24, 2.45) is 0 Å². The highest BCUT2D eigenvalue weighted by molar-refractivity contribution is 5.72. The number of aromatic nitrogens is 3. The average Bonchev–Trinajstić information content (AvgIpc) is 2.84. The van der Waals surface area contributed by atoms with E-state index >= 15 is 0 Å². The van der Waals surface area contributed by atoms with E-state index in [0.29, 0.717) is 42.8 Å². The topological polar surface area (TPSA) is 107 Å². The molecular weight excluding hydrogens is 443 g/mol. The van der Waals surface area contributed by atoms with E-state index in [2.05, 4.69) is 15.0 Å². The molecule has 0 amide bonds. The molecule has 0 spiro atoms. The number of carbonyl (C=O) groups is 1. The third kappa shape index (κ3) is 6.85. The highest BCUT2D eigenvalue weighted by Crippen LogP contribution is 2.21. The van der Waals surface area contributed by atoms with E-state index in [1.807, 2.05) is 19.2 Å². The van der Waals surface area contributed by atoms with Gasteiger partial charge in [-0.15, -0.1) is 0 Å². The zero-order chi connectivity index (χ0) is 24.5. The molecule has 3 aromatic rings. The maximum atomic E-state index is 13.2.